The molecule has 0 aliphatic heterocycles. The molecule has 3 aromatic carbocycles. The number of aliphatic carboxylic acids is 1. The van der Waals surface area contributed by atoms with Gasteiger partial charge in [0.05, 0.1) is 23.5 Å². The Hall–Kier alpha value is -4.90. The van der Waals surface area contributed by atoms with E-state index in [9.17, 15) is 15.2 Å². The number of benzene rings is 3. The smallest absolute Gasteiger partial charge is 0.307 e. The highest BCUT2D eigenvalue weighted by Gasteiger charge is 2.24. The van der Waals surface area contributed by atoms with Crippen molar-refractivity contribution in [1.82, 2.24) is 14.8 Å². The number of carbonyl (C=O) groups is 1. The molecule has 0 radical (unpaired) electrons. The number of anilines is 1. The minimum Gasteiger partial charge on any atom is -0.486 e. The van der Waals surface area contributed by atoms with Crippen LogP contribution in [-0.2, 0) is 17.8 Å². The zero-order chi connectivity index (χ0) is 26.2. The number of rotatable bonds is 7. The third-order valence-electron chi connectivity index (χ3n) is 7.25. The molecule has 8 heteroatoms. The molecule has 0 atom stereocenters. The Bertz CT molecular complexity index is 1750. The molecule has 1 aliphatic rings. The fourth-order valence-corrected chi connectivity index (χ4v) is 5.06. The average molecular weight is 504 g/mol. The standard InChI is InChI=1S/C30H25N5O3/c31-16-22-4-1-3-21(15-28(36)37)29(22)38-17-26-25-14-20(9-10-27(25)35(34-26)23-5-2-6-23)19-8-7-18-11-12-33-30(32)24(18)13-19/h1,3-4,7-14,23H,2,5-6,15,17H2,(H2,32,33)(H,36,37). The molecule has 1 saturated carbocycles. The van der Waals surface area contributed by atoms with Gasteiger partial charge in [-0.2, -0.15) is 10.4 Å². The van der Waals surface area contributed by atoms with Gasteiger partial charge in [-0.25, -0.2) is 4.98 Å². The number of pyridine rings is 1. The van der Waals surface area contributed by atoms with Gasteiger partial charge in [0, 0.05) is 22.5 Å². The molecular weight excluding hydrogens is 478 g/mol. The summed E-state index contributed by atoms with van der Waals surface area (Å²) in [6.45, 7) is 0.111. The Morgan fingerprint density at radius 2 is 1.89 bits per heavy atom. The first-order valence-corrected chi connectivity index (χ1v) is 12.5. The molecule has 0 amide bonds. The van der Waals surface area contributed by atoms with Crippen molar-refractivity contribution in [3.8, 4) is 22.9 Å². The summed E-state index contributed by atoms with van der Waals surface area (Å²) in [5, 5.41) is 26.8. The van der Waals surface area contributed by atoms with E-state index >= 15 is 0 Å². The number of nitrogens with zero attached hydrogens (tertiary/aromatic N) is 4. The number of hydrogen-bond donors (Lipinski definition) is 2. The van der Waals surface area contributed by atoms with Gasteiger partial charge >= 0.3 is 5.97 Å². The Balaban J connectivity index is 1.41. The van der Waals surface area contributed by atoms with Gasteiger partial charge in [0.2, 0.25) is 0 Å². The summed E-state index contributed by atoms with van der Waals surface area (Å²) in [5.41, 5.74) is 10.7. The predicted octanol–water partition coefficient (Wildman–Crippen LogP) is 5.64. The number of para-hydroxylation sites is 1. The van der Waals surface area contributed by atoms with E-state index in [0.29, 0.717) is 23.0 Å². The van der Waals surface area contributed by atoms with Crippen LogP contribution in [0.15, 0.2) is 66.9 Å². The predicted molar refractivity (Wildman–Crippen MR) is 145 cm³/mol. The summed E-state index contributed by atoms with van der Waals surface area (Å²) >= 11 is 0. The molecule has 1 fully saturated rings. The molecule has 2 aromatic heterocycles. The molecule has 0 spiro atoms. The van der Waals surface area contributed by atoms with E-state index < -0.39 is 5.97 Å². The lowest BCUT2D eigenvalue weighted by Crippen LogP contribution is -2.18. The second-order valence-corrected chi connectivity index (χ2v) is 9.60. The SMILES string of the molecule is N#Cc1cccc(CC(=O)O)c1OCc1nn(C2CCC2)c2ccc(-c3ccc4ccnc(N)c4c3)cc12. The molecule has 38 heavy (non-hydrogen) atoms. The van der Waals surface area contributed by atoms with Crippen LogP contribution in [0.25, 0.3) is 32.8 Å². The van der Waals surface area contributed by atoms with Crippen molar-refractivity contribution in [3.05, 3.63) is 83.7 Å². The van der Waals surface area contributed by atoms with Gasteiger partial charge in [0.15, 0.2) is 0 Å². The van der Waals surface area contributed by atoms with Crippen LogP contribution < -0.4 is 10.5 Å². The van der Waals surface area contributed by atoms with Crippen molar-refractivity contribution in [2.75, 3.05) is 5.73 Å². The van der Waals surface area contributed by atoms with Gasteiger partial charge in [-0.3, -0.25) is 9.48 Å². The second kappa shape index (κ2) is 9.52. The maximum atomic E-state index is 11.4. The summed E-state index contributed by atoms with van der Waals surface area (Å²) in [6.07, 6.45) is 4.81. The quantitative estimate of drug-likeness (QED) is 0.294. The normalized spacial score (nSPS) is 13.3. The number of carboxylic acids is 1. The third-order valence-corrected chi connectivity index (χ3v) is 7.25. The van der Waals surface area contributed by atoms with E-state index in [0.717, 1.165) is 51.3 Å². The molecule has 188 valence electrons. The Kier molecular flexibility index (Phi) is 5.89. The van der Waals surface area contributed by atoms with Gasteiger partial charge in [-0.1, -0.05) is 30.3 Å². The zero-order valence-corrected chi connectivity index (χ0v) is 20.6. The summed E-state index contributed by atoms with van der Waals surface area (Å²) in [5.74, 6) is -0.205. The number of fused-ring (bicyclic) bond motifs is 2. The maximum absolute atomic E-state index is 11.4. The van der Waals surface area contributed by atoms with Crippen molar-refractivity contribution in [3.63, 3.8) is 0 Å². The van der Waals surface area contributed by atoms with Crippen LogP contribution in [0.1, 0.15) is 42.1 Å². The van der Waals surface area contributed by atoms with Crippen LogP contribution in [0.5, 0.6) is 5.75 Å². The number of hydrogen-bond acceptors (Lipinski definition) is 6. The summed E-state index contributed by atoms with van der Waals surface area (Å²) in [6, 6.07) is 21.8. The van der Waals surface area contributed by atoms with Crippen molar-refractivity contribution in [2.24, 2.45) is 0 Å². The Morgan fingerprint density at radius 3 is 2.63 bits per heavy atom. The lowest BCUT2D eigenvalue weighted by Gasteiger charge is -2.26. The number of carboxylic acid groups (broad SMARTS) is 1. The fourth-order valence-electron chi connectivity index (χ4n) is 5.06. The van der Waals surface area contributed by atoms with E-state index in [1.165, 1.54) is 6.42 Å². The third kappa shape index (κ3) is 4.18. The van der Waals surface area contributed by atoms with Gasteiger partial charge in [0.1, 0.15) is 29.9 Å². The molecule has 0 unspecified atom stereocenters. The molecule has 6 rings (SSSR count). The highest BCUT2D eigenvalue weighted by molar-refractivity contribution is 5.95. The summed E-state index contributed by atoms with van der Waals surface area (Å²) < 4.78 is 8.21. The topological polar surface area (TPSA) is 127 Å². The van der Waals surface area contributed by atoms with Gasteiger partial charge in [-0.15, -0.1) is 0 Å². The zero-order valence-electron chi connectivity index (χ0n) is 20.6. The number of ether oxygens (including phenoxy) is 1. The lowest BCUT2D eigenvalue weighted by molar-refractivity contribution is -0.136. The van der Waals surface area contributed by atoms with Crippen molar-refractivity contribution >= 4 is 33.5 Å². The summed E-state index contributed by atoms with van der Waals surface area (Å²) in [7, 11) is 0. The average Bonchev–Trinajstić information content (AvgIpc) is 3.23. The molecule has 1 aliphatic carbocycles. The van der Waals surface area contributed by atoms with Crippen LogP contribution in [0, 0.1) is 11.3 Å². The first-order chi connectivity index (χ1) is 18.5. The Morgan fingerprint density at radius 1 is 1.11 bits per heavy atom. The molecule has 3 N–H and O–H groups in total. The van der Waals surface area contributed by atoms with E-state index in [1.807, 2.05) is 18.2 Å². The van der Waals surface area contributed by atoms with Gasteiger partial charge < -0.3 is 15.6 Å². The highest BCUT2D eigenvalue weighted by atomic mass is 16.5. The van der Waals surface area contributed by atoms with E-state index in [2.05, 4.69) is 40.0 Å². The highest BCUT2D eigenvalue weighted by Crippen LogP contribution is 2.37. The van der Waals surface area contributed by atoms with Crippen LogP contribution in [0.2, 0.25) is 0 Å². The van der Waals surface area contributed by atoms with Gasteiger partial charge in [-0.05, 0) is 66.1 Å². The van der Waals surface area contributed by atoms with Crippen molar-refractivity contribution in [1.29, 1.82) is 5.26 Å². The Labute approximate surface area is 218 Å². The van der Waals surface area contributed by atoms with E-state index in [4.69, 9.17) is 15.6 Å². The number of nitrogens with two attached hydrogens (primary N) is 1. The van der Waals surface area contributed by atoms with E-state index in [1.54, 1.807) is 24.4 Å². The lowest BCUT2D eigenvalue weighted by atomic mass is 9.93. The monoisotopic (exact) mass is 503 g/mol. The van der Waals surface area contributed by atoms with Gasteiger partial charge in [0.25, 0.3) is 0 Å². The first-order valence-electron chi connectivity index (χ1n) is 12.5. The summed E-state index contributed by atoms with van der Waals surface area (Å²) in [4.78, 5) is 15.6. The van der Waals surface area contributed by atoms with Crippen molar-refractivity contribution < 1.29 is 14.6 Å². The van der Waals surface area contributed by atoms with Crippen LogP contribution in [0.4, 0.5) is 5.82 Å². The van der Waals surface area contributed by atoms with Crippen LogP contribution in [-0.4, -0.2) is 25.8 Å². The number of aromatic nitrogens is 3. The molecule has 0 bridgehead atoms. The molecule has 8 nitrogen and oxygen atoms in total. The molecule has 5 aromatic rings. The molecular formula is C30H25N5O3. The van der Waals surface area contributed by atoms with Crippen LogP contribution >= 0.6 is 0 Å². The second-order valence-electron chi connectivity index (χ2n) is 9.60. The molecule has 2 heterocycles. The molecule has 0 saturated heterocycles. The minimum absolute atomic E-state index is 0.111. The fraction of sp³-hybridized carbons (Fsp3) is 0.200. The number of nitrogen functional groups attached to an aromatic ring is 1. The van der Waals surface area contributed by atoms with Crippen molar-refractivity contribution in [2.45, 2.75) is 38.3 Å². The first kappa shape index (κ1) is 23.5. The minimum atomic E-state index is -0.986. The largest absolute Gasteiger partial charge is 0.486 e. The van der Waals surface area contributed by atoms with E-state index in [-0.39, 0.29) is 18.8 Å². The number of nitriles is 1. The van der Waals surface area contributed by atoms with Crippen LogP contribution in [0.3, 0.4) is 0 Å². The maximum Gasteiger partial charge on any atom is 0.307 e.